The van der Waals surface area contributed by atoms with E-state index in [0.717, 1.165) is 31.7 Å². The molecule has 0 saturated carbocycles. The largest absolute Gasteiger partial charge is 0.396 e. The Kier molecular flexibility index (Phi) is 3.56. The Morgan fingerprint density at radius 2 is 2.25 bits per heavy atom. The average Bonchev–Trinajstić information content (AvgIpc) is 2.39. The monoisotopic (exact) mass is 222 g/mol. The molecule has 16 heavy (non-hydrogen) atoms. The normalized spacial score (nSPS) is 17.5. The Morgan fingerprint density at radius 3 is 2.88 bits per heavy atom. The van der Waals surface area contributed by atoms with Crippen molar-refractivity contribution < 1.29 is 5.11 Å². The minimum absolute atomic E-state index is 0.305. The number of piperidine rings is 1. The number of aliphatic hydroxyl groups excluding tert-OH is 1. The molecule has 1 aromatic rings. The predicted octanol–water partition coefficient (Wildman–Crippen LogP) is 0.727. The van der Waals surface area contributed by atoms with Crippen LogP contribution in [0.2, 0.25) is 0 Å². The molecule has 0 bridgehead atoms. The van der Waals surface area contributed by atoms with Gasteiger partial charge in [0.05, 0.1) is 0 Å². The molecule has 0 radical (unpaired) electrons. The van der Waals surface area contributed by atoms with E-state index in [9.17, 15) is 0 Å². The summed E-state index contributed by atoms with van der Waals surface area (Å²) in [6.07, 6.45) is 3.84. The molecule has 2 N–H and O–H groups in total. The summed E-state index contributed by atoms with van der Waals surface area (Å²) < 4.78 is 0. The molecule has 1 aliphatic rings. The van der Waals surface area contributed by atoms with Crippen LogP contribution in [0.5, 0.6) is 0 Å². The number of nitrogens with one attached hydrogen (secondary N) is 1. The van der Waals surface area contributed by atoms with Crippen LogP contribution in [-0.4, -0.2) is 41.8 Å². The van der Waals surface area contributed by atoms with Crippen molar-refractivity contribution >= 4 is 11.8 Å². The summed E-state index contributed by atoms with van der Waals surface area (Å²) in [5.41, 5.74) is 0. The molecule has 5 heteroatoms. The first-order valence-corrected chi connectivity index (χ1v) is 5.70. The van der Waals surface area contributed by atoms with E-state index in [2.05, 4.69) is 20.2 Å². The third kappa shape index (κ3) is 2.41. The van der Waals surface area contributed by atoms with Gasteiger partial charge in [0, 0.05) is 32.9 Å². The van der Waals surface area contributed by atoms with Crippen molar-refractivity contribution in [1.82, 2.24) is 9.97 Å². The van der Waals surface area contributed by atoms with Crippen LogP contribution in [0.3, 0.4) is 0 Å². The molecule has 1 saturated heterocycles. The van der Waals surface area contributed by atoms with Gasteiger partial charge in [-0.3, -0.25) is 0 Å². The number of hydrogen-bond donors (Lipinski definition) is 2. The van der Waals surface area contributed by atoms with Gasteiger partial charge in [0.25, 0.3) is 0 Å². The second-order valence-corrected chi connectivity index (χ2v) is 4.10. The van der Waals surface area contributed by atoms with Gasteiger partial charge in [0.15, 0.2) is 0 Å². The fraction of sp³-hybridized carbons (Fsp3) is 0.636. The van der Waals surface area contributed by atoms with Crippen molar-refractivity contribution in [1.29, 1.82) is 0 Å². The summed E-state index contributed by atoms with van der Waals surface area (Å²) in [4.78, 5) is 10.7. The van der Waals surface area contributed by atoms with Gasteiger partial charge in [-0.1, -0.05) is 0 Å². The third-order valence-corrected chi connectivity index (χ3v) is 3.06. The van der Waals surface area contributed by atoms with Crippen molar-refractivity contribution in [3.63, 3.8) is 0 Å². The van der Waals surface area contributed by atoms with Gasteiger partial charge in [-0.05, 0) is 24.8 Å². The number of rotatable bonds is 3. The van der Waals surface area contributed by atoms with E-state index in [4.69, 9.17) is 5.11 Å². The van der Waals surface area contributed by atoms with Crippen LogP contribution in [0.25, 0.3) is 0 Å². The predicted molar refractivity (Wildman–Crippen MR) is 63.6 cm³/mol. The van der Waals surface area contributed by atoms with E-state index in [0.29, 0.717) is 18.5 Å². The van der Waals surface area contributed by atoms with E-state index in [1.807, 2.05) is 13.1 Å². The Labute approximate surface area is 95.5 Å². The molecule has 0 amide bonds. The Balaban J connectivity index is 2.02. The highest BCUT2D eigenvalue weighted by molar-refractivity contribution is 5.42. The van der Waals surface area contributed by atoms with E-state index < -0.39 is 0 Å². The molecule has 0 aromatic carbocycles. The minimum atomic E-state index is 0.305. The zero-order chi connectivity index (χ0) is 11.4. The second-order valence-electron chi connectivity index (χ2n) is 4.10. The molecule has 0 unspecified atom stereocenters. The summed E-state index contributed by atoms with van der Waals surface area (Å²) in [6.45, 7) is 2.23. The van der Waals surface area contributed by atoms with Crippen LogP contribution in [0.1, 0.15) is 12.8 Å². The maximum absolute atomic E-state index is 9.08. The number of aliphatic hydroxyl groups is 1. The lowest BCUT2D eigenvalue weighted by molar-refractivity contribution is 0.203. The molecule has 88 valence electrons. The van der Waals surface area contributed by atoms with Crippen LogP contribution in [0.15, 0.2) is 12.3 Å². The fourth-order valence-corrected chi connectivity index (χ4v) is 1.99. The molecule has 0 spiro atoms. The van der Waals surface area contributed by atoms with E-state index in [-0.39, 0.29) is 0 Å². The van der Waals surface area contributed by atoms with Gasteiger partial charge in [0.2, 0.25) is 5.95 Å². The number of aromatic nitrogens is 2. The maximum Gasteiger partial charge on any atom is 0.224 e. The molecule has 0 aliphatic carbocycles. The van der Waals surface area contributed by atoms with E-state index >= 15 is 0 Å². The molecular formula is C11H18N4O. The molecule has 1 aromatic heterocycles. The molecular weight excluding hydrogens is 204 g/mol. The van der Waals surface area contributed by atoms with Crippen LogP contribution >= 0.6 is 0 Å². The second kappa shape index (κ2) is 5.12. The topological polar surface area (TPSA) is 61.3 Å². The Morgan fingerprint density at radius 1 is 1.50 bits per heavy atom. The van der Waals surface area contributed by atoms with Crippen molar-refractivity contribution in [3.8, 4) is 0 Å². The van der Waals surface area contributed by atoms with Crippen LogP contribution < -0.4 is 10.2 Å². The number of nitrogens with zero attached hydrogens (tertiary/aromatic N) is 3. The standard InChI is InChI=1S/C11H18N4O/c1-12-11-13-5-2-10(14-11)15-6-3-9(8-16)4-7-15/h2,5,9,16H,3-4,6-8H2,1H3,(H,12,13,14). The first kappa shape index (κ1) is 11.1. The lowest BCUT2D eigenvalue weighted by Gasteiger charge is -2.31. The molecule has 2 heterocycles. The van der Waals surface area contributed by atoms with Gasteiger partial charge in [-0.15, -0.1) is 0 Å². The molecule has 0 atom stereocenters. The average molecular weight is 222 g/mol. The van der Waals surface area contributed by atoms with Crippen molar-refractivity contribution in [2.75, 3.05) is 37.0 Å². The molecule has 1 fully saturated rings. The van der Waals surface area contributed by atoms with Crippen LogP contribution in [-0.2, 0) is 0 Å². The zero-order valence-corrected chi connectivity index (χ0v) is 9.56. The molecule has 5 nitrogen and oxygen atoms in total. The van der Waals surface area contributed by atoms with E-state index in [1.54, 1.807) is 6.20 Å². The van der Waals surface area contributed by atoms with Crippen LogP contribution in [0.4, 0.5) is 11.8 Å². The van der Waals surface area contributed by atoms with Crippen molar-refractivity contribution in [2.45, 2.75) is 12.8 Å². The maximum atomic E-state index is 9.08. The molecule has 1 aliphatic heterocycles. The summed E-state index contributed by atoms with van der Waals surface area (Å²) in [5.74, 6) is 2.08. The minimum Gasteiger partial charge on any atom is -0.396 e. The summed E-state index contributed by atoms with van der Waals surface area (Å²) in [6, 6.07) is 1.93. The lowest BCUT2D eigenvalue weighted by Crippen LogP contribution is -2.35. The van der Waals surface area contributed by atoms with Gasteiger partial charge in [-0.2, -0.15) is 4.98 Å². The third-order valence-electron chi connectivity index (χ3n) is 3.06. The smallest absolute Gasteiger partial charge is 0.224 e. The van der Waals surface area contributed by atoms with Gasteiger partial charge < -0.3 is 15.3 Å². The first-order valence-electron chi connectivity index (χ1n) is 5.70. The van der Waals surface area contributed by atoms with Gasteiger partial charge in [0.1, 0.15) is 5.82 Å². The highest BCUT2D eigenvalue weighted by atomic mass is 16.3. The SMILES string of the molecule is CNc1nccc(N2CCC(CO)CC2)n1. The molecule has 2 rings (SSSR count). The summed E-state index contributed by atoms with van der Waals surface area (Å²) >= 11 is 0. The Hall–Kier alpha value is -1.36. The fourth-order valence-electron chi connectivity index (χ4n) is 1.99. The van der Waals surface area contributed by atoms with Crippen LogP contribution in [0, 0.1) is 5.92 Å². The van der Waals surface area contributed by atoms with Gasteiger partial charge >= 0.3 is 0 Å². The van der Waals surface area contributed by atoms with Crippen molar-refractivity contribution in [3.05, 3.63) is 12.3 Å². The quantitative estimate of drug-likeness (QED) is 0.789. The number of anilines is 2. The Bertz CT molecular complexity index is 337. The van der Waals surface area contributed by atoms with E-state index in [1.165, 1.54) is 0 Å². The number of hydrogen-bond acceptors (Lipinski definition) is 5. The highest BCUT2D eigenvalue weighted by Crippen LogP contribution is 2.21. The first-order chi connectivity index (χ1) is 7.83. The summed E-state index contributed by atoms with van der Waals surface area (Å²) in [7, 11) is 1.82. The van der Waals surface area contributed by atoms with Crippen molar-refractivity contribution in [2.24, 2.45) is 5.92 Å². The zero-order valence-electron chi connectivity index (χ0n) is 9.56. The summed E-state index contributed by atoms with van der Waals surface area (Å²) in [5, 5.41) is 12.0. The highest BCUT2D eigenvalue weighted by Gasteiger charge is 2.19. The van der Waals surface area contributed by atoms with Gasteiger partial charge in [-0.25, -0.2) is 4.98 Å². The lowest BCUT2D eigenvalue weighted by atomic mass is 9.98.